The summed E-state index contributed by atoms with van der Waals surface area (Å²) < 4.78 is 11.6. The number of nitrogens with zero attached hydrogens (tertiary/aromatic N) is 1. The quantitative estimate of drug-likeness (QED) is 0.776. The molecule has 1 aliphatic heterocycles. The summed E-state index contributed by atoms with van der Waals surface area (Å²) in [6, 6.07) is 7.66. The van der Waals surface area contributed by atoms with Crippen LogP contribution >= 0.6 is 11.8 Å². The fraction of sp³-hybridized carbons (Fsp3) is 0.562. The maximum Gasteiger partial charge on any atom is 0.223 e. The first-order valence-electron chi connectivity index (χ1n) is 7.39. The molecule has 4 nitrogen and oxygen atoms in total. The van der Waals surface area contributed by atoms with E-state index >= 15 is 0 Å². The number of carbonyl (C=O) groups excluding carboxylic acids is 1. The number of rotatable bonds is 7. The lowest BCUT2D eigenvalue weighted by Crippen LogP contribution is -2.44. The minimum absolute atomic E-state index is 0.0929. The molecule has 1 unspecified atom stereocenters. The minimum Gasteiger partial charge on any atom is -0.486 e. The molecule has 1 aromatic carbocycles. The fourth-order valence-corrected chi connectivity index (χ4v) is 2.71. The van der Waals surface area contributed by atoms with E-state index in [0.29, 0.717) is 19.6 Å². The Bertz CT molecular complexity index is 467. The second-order valence-electron chi connectivity index (χ2n) is 5.08. The zero-order chi connectivity index (χ0) is 15.1. The predicted octanol–water partition coefficient (Wildman–Crippen LogP) is 2.82. The molecule has 0 saturated heterocycles. The van der Waals surface area contributed by atoms with Crippen molar-refractivity contribution in [2.45, 2.75) is 25.9 Å². The topological polar surface area (TPSA) is 38.8 Å². The van der Waals surface area contributed by atoms with Crippen molar-refractivity contribution in [2.24, 2.45) is 0 Å². The number of fused-ring (bicyclic) bond motifs is 1. The maximum absolute atomic E-state index is 12.2. The van der Waals surface area contributed by atoms with Crippen molar-refractivity contribution in [3.63, 3.8) is 0 Å². The molecule has 0 N–H and O–H groups in total. The molecule has 2 rings (SSSR count). The molecule has 1 aliphatic rings. The Labute approximate surface area is 130 Å². The third-order valence-corrected chi connectivity index (χ3v) is 3.97. The van der Waals surface area contributed by atoms with Crippen LogP contribution in [0, 0.1) is 0 Å². The number of thioether (sulfide) groups is 1. The van der Waals surface area contributed by atoms with Gasteiger partial charge in [-0.1, -0.05) is 19.1 Å². The van der Waals surface area contributed by atoms with Gasteiger partial charge < -0.3 is 14.4 Å². The average molecular weight is 309 g/mol. The highest BCUT2D eigenvalue weighted by Gasteiger charge is 2.24. The van der Waals surface area contributed by atoms with Crippen LogP contribution in [0.15, 0.2) is 24.3 Å². The van der Waals surface area contributed by atoms with Crippen LogP contribution in [0.3, 0.4) is 0 Å². The van der Waals surface area contributed by atoms with E-state index < -0.39 is 0 Å². The maximum atomic E-state index is 12.2. The van der Waals surface area contributed by atoms with Gasteiger partial charge in [0.15, 0.2) is 17.6 Å². The Morgan fingerprint density at radius 1 is 1.38 bits per heavy atom. The molecule has 0 aromatic heterocycles. The Kier molecular flexibility index (Phi) is 6.23. The number of para-hydroxylation sites is 2. The predicted molar refractivity (Wildman–Crippen MR) is 86.2 cm³/mol. The summed E-state index contributed by atoms with van der Waals surface area (Å²) in [5, 5.41) is 0. The molecule has 1 amide bonds. The normalized spacial score (nSPS) is 16.6. The highest BCUT2D eigenvalue weighted by Crippen LogP contribution is 2.31. The van der Waals surface area contributed by atoms with E-state index in [4.69, 9.17) is 9.47 Å². The summed E-state index contributed by atoms with van der Waals surface area (Å²) >= 11 is 1.70. The van der Waals surface area contributed by atoms with Crippen LogP contribution in [0.2, 0.25) is 0 Å². The number of ether oxygens (including phenoxy) is 2. The molecule has 1 aromatic rings. The highest BCUT2D eigenvalue weighted by atomic mass is 32.2. The molecule has 0 radical (unpaired) electrons. The Balaban J connectivity index is 1.93. The van der Waals surface area contributed by atoms with Gasteiger partial charge in [-0.05, 0) is 24.8 Å². The summed E-state index contributed by atoms with van der Waals surface area (Å²) in [5.41, 5.74) is 0. The van der Waals surface area contributed by atoms with E-state index in [0.717, 1.165) is 30.2 Å². The second kappa shape index (κ2) is 8.17. The Hall–Kier alpha value is -1.36. The molecule has 21 heavy (non-hydrogen) atoms. The van der Waals surface area contributed by atoms with Gasteiger partial charge in [0.25, 0.3) is 0 Å². The first-order valence-corrected chi connectivity index (χ1v) is 8.79. The van der Waals surface area contributed by atoms with Crippen molar-refractivity contribution in [1.82, 2.24) is 4.90 Å². The average Bonchev–Trinajstić information content (AvgIpc) is 2.52. The van der Waals surface area contributed by atoms with Gasteiger partial charge >= 0.3 is 0 Å². The molecule has 0 bridgehead atoms. The smallest absolute Gasteiger partial charge is 0.223 e. The molecule has 116 valence electrons. The summed E-state index contributed by atoms with van der Waals surface area (Å²) in [4.78, 5) is 14.1. The number of benzene rings is 1. The van der Waals surface area contributed by atoms with Gasteiger partial charge in [-0.25, -0.2) is 0 Å². The van der Waals surface area contributed by atoms with Crippen molar-refractivity contribution >= 4 is 17.7 Å². The van der Waals surface area contributed by atoms with Crippen LogP contribution in [-0.2, 0) is 4.79 Å². The number of hydrogen-bond acceptors (Lipinski definition) is 4. The van der Waals surface area contributed by atoms with Crippen LogP contribution in [0.5, 0.6) is 11.5 Å². The molecule has 1 heterocycles. The first-order chi connectivity index (χ1) is 10.2. The molecule has 5 heteroatoms. The van der Waals surface area contributed by atoms with E-state index in [2.05, 4.69) is 6.92 Å². The third kappa shape index (κ3) is 4.56. The van der Waals surface area contributed by atoms with Crippen molar-refractivity contribution in [2.75, 3.05) is 31.7 Å². The summed E-state index contributed by atoms with van der Waals surface area (Å²) in [6.07, 6.45) is 3.47. The van der Waals surface area contributed by atoms with Crippen molar-refractivity contribution < 1.29 is 14.3 Å². The lowest BCUT2D eigenvalue weighted by atomic mass is 10.2. The van der Waals surface area contributed by atoms with Crippen LogP contribution < -0.4 is 9.47 Å². The molecule has 0 fully saturated rings. The van der Waals surface area contributed by atoms with E-state index in [-0.39, 0.29) is 12.0 Å². The molecule has 1 atom stereocenters. The molecule has 0 saturated carbocycles. The highest BCUT2D eigenvalue weighted by molar-refractivity contribution is 7.98. The monoisotopic (exact) mass is 309 g/mol. The largest absolute Gasteiger partial charge is 0.486 e. The molecule has 0 spiro atoms. The van der Waals surface area contributed by atoms with Gasteiger partial charge in [0.2, 0.25) is 5.91 Å². The summed E-state index contributed by atoms with van der Waals surface area (Å²) in [5.74, 6) is 2.61. The lowest BCUT2D eigenvalue weighted by Gasteiger charge is -2.31. The van der Waals surface area contributed by atoms with Crippen molar-refractivity contribution in [3.05, 3.63) is 24.3 Å². The van der Waals surface area contributed by atoms with Crippen LogP contribution in [0.25, 0.3) is 0 Å². The zero-order valence-electron chi connectivity index (χ0n) is 12.7. The lowest BCUT2D eigenvalue weighted by molar-refractivity contribution is -0.132. The van der Waals surface area contributed by atoms with Gasteiger partial charge in [0, 0.05) is 18.7 Å². The molecular formula is C16H23NO3S. The van der Waals surface area contributed by atoms with Crippen molar-refractivity contribution in [1.29, 1.82) is 0 Å². The van der Waals surface area contributed by atoms with E-state index in [1.165, 1.54) is 0 Å². The van der Waals surface area contributed by atoms with Gasteiger partial charge in [-0.2, -0.15) is 11.8 Å². The Morgan fingerprint density at radius 3 is 2.86 bits per heavy atom. The SMILES string of the molecule is CCCN(CC1COc2ccccc2O1)C(=O)CCSC. The molecular weight excluding hydrogens is 286 g/mol. The van der Waals surface area contributed by atoms with Crippen LogP contribution in [0.1, 0.15) is 19.8 Å². The Morgan fingerprint density at radius 2 is 2.14 bits per heavy atom. The summed E-state index contributed by atoms with van der Waals surface area (Å²) in [6.45, 7) is 3.94. The second-order valence-corrected chi connectivity index (χ2v) is 6.07. The first kappa shape index (κ1) is 16.0. The van der Waals surface area contributed by atoms with E-state index in [1.54, 1.807) is 11.8 Å². The van der Waals surface area contributed by atoms with Crippen molar-refractivity contribution in [3.8, 4) is 11.5 Å². The van der Waals surface area contributed by atoms with E-state index in [9.17, 15) is 4.79 Å². The summed E-state index contributed by atoms with van der Waals surface area (Å²) in [7, 11) is 0. The van der Waals surface area contributed by atoms with Crippen LogP contribution in [0.4, 0.5) is 0 Å². The minimum atomic E-state index is -0.0929. The van der Waals surface area contributed by atoms with Gasteiger partial charge in [-0.15, -0.1) is 0 Å². The van der Waals surface area contributed by atoms with Gasteiger partial charge in [0.1, 0.15) is 6.61 Å². The number of amides is 1. The number of carbonyl (C=O) groups is 1. The van der Waals surface area contributed by atoms with Gasteiger partial charge in [-0.3, -0.25) is 4.79 Å². The van der Waals surface area contributed by atoms with Gasteiger partial charge in [0.05, 0.1) is 6.54 Å². The van der Waals surface area contributed by atoms with E-state index in [1.807, 2.05) is 35.4 Å². The number of hydrogen-bond donors (Lipinski definition) is 0. The van der Waals surface area contributed by atoms with Crippen LogP contribution in [-0.4, -0.2) is 48.6 Å². The molecule has 0 aliphatic carbocycles. The third-order valence-electron chi connectivity index (χ3n) is 3.36. The zero-order valence-corrected chi connectivity index (χ0v) is 13.5. The standard InChI is InChI=1S/C16H23NO3S/c1-3-9-17(16(18)8-10-21-2)11-13-12-19-14-6-4-5-7-15(14)20-13/h4-7,13H,3,8-12H2,1-2H3. The fourth-order valence-electron chi connectivity index (χ4n) is 2.33.